The molecule has 0 amide bonds. The summed E-state index contributed by atoms with van der Waals surface area (Å²) in [6.07, 6.45) is 5.12. The Balaban J connectivity index is 2.75. The van der Waals surface area contributed by atoms with E-state index in [0.717, 1.165) is 0 Å². The van der Waals surface area contributed by atoms with Crippen LogP contribution >= 0.6 is 0 Å². The molecule has 1 aliphatic carbocycles. The monoisotopic (exact) mass is 226 g/mol. The highest BCUT2D eigenvalue weighted by Gasteiger charge is 2.39. The number of hydrogen-bond donors (Lipinski definition) is 1. The predicted molar refractivity (Wildman–Crippen MR) is 71.5 cm³/mol. The van der Waals surface area contributed by atoms with E-state index < -0.39 is 0 Å². The van der Waals surface area contributed by atoms with Gasteiger partial charge >= 0.3 is 0 Å². The molecule has 1 aliphatic rings. The molecule has 0 saturated heterocycles. The summed E-state index contributed by atoms with van der Waals surface area (Å²) in [5.41, 5.74) is 6.79. The van der Waals surface area contributed by atoms with Crippen molar-refractivity contribution in [3.8, 4) is 0 Å². The molecule has 0 radical (unpaired) electrons. The van der Waals surface area contributed by atoms with Gasteiger partial charge in [-0.15, -0.1) is 0 Å². The number of nitrogens with zero attached hydrogens (tertiary/aromatic N) is 1. The summed E-state index contributed by atoms with van der Waals surface area (Å²) >= 11 is 0. The second kappa shape index (κ2) is 5.50. The minimum atomic E-state index is 0.309. The molecule has 2 N–H and O–H groups in total. The van der Waals surface area contributed by atoms with Crippen molar-refractivity contribution in [1.82, 2.24) is 4.90 Å². The zero-order valence-corrected chi connectivity index (χ0v) is 11.8. The zero-order chi connectivity index (χ0) is 12.3. The van der Waals surface area contributed by atoms with E-state index in [1.165, 1.54) is 32.2 Å². The minimum Gasteiger partial charge on any atom is -0.326 e. The Morgan fingerprint density at radius 2 is 2.00 bits per heavy atom. The lowest BCUT2D eigenvalue weighted by atomic mass is 9.70. The van der Waals surface area contributed by atoms with Gasteiger partial charge < -0.3 is 5.73 Å². The highest BCUT2D eigenvalue weighted by molar-refractivity contribution is 4.96. The fourth-order valence-electron chi connectivity index (χ4n) is 3.07. The van der Waals surface area contributed by atoms with Crippen molar-refractivity contribution in [1.29, 1.82) is 0 Å². The predicted octanol–water partition coefficient (Wildman–Crippen LogP) is 3.01. The molecule has 2 heteroatoms. The Hall–Kier alpha value is -0.0800. The fourth-order valence-corrected chi connectivity index (χ4v) is 3.07. The van der Waals surface area contributed by atoms with Gasteiger partial charge in [-0.25, -0.2) is 0 Å². The van der Waals surface area contributed by atoms with E-state index in [4.69, 9.17) is 5.73 Å². The smallest absolute Gasteiger partial charge is 0.0255 e. The Labute approximate surface area is 102 Å². The fraction of sp³-hybridized carbons (Fsp3) is 1.00. The summed E-state index contributed by atoms with van der Waals surface area (Å²) in [5, 5.41) is 0. The molecular formula is C14H30N2. The number of hydrogen-bond acceptors (Lipinski definition) is 2. The van der Waals surface area contributed by atoms with E-state index in [2.05, 4.69) is 39.5 Å². The maximum Gasteiger partial charge on any atom is 0.0255 e. The van der Waals surface area contributed by atoms with Crippen LogP contribution in [0.15, 0.2) is 0 Å². The van der Waals surface area contributed by atoms with Crippen LogP contribution in [0.25, 0.3) is 0 Å². The Morgan fingerprint density at radius 3 is 2.50 bits per heavy atom. The van der Waals surface area contributed by atoms with Crippen molar-refractivity contribution in [3.05, 3.63) is 0 Å². The highest BCUT2D eigenvalue weighted by atomic mass is 15.2. The number of nitrogens with two attached hydrogens (primary N) is 1. The third-order valence-corrected chi connectivity index (χ3v) is 4.21. The third kappa shape index (κ3) is 2.98. The number of rotatable bonds is 4. The SMILES string of the molecule is CCCN(C(C)C)C1CCCC(C)(C)C1N. The Morgan fingerprint density at radius 1 is 1.38 bits per heavy atom. The van der Waals surface area contributed by atoms with E-state index in [-0.39, 0.29) is 0 Å². The Kier molecular flexibility index (Phi) is 4.81. The lowest BCUT2D eigenvalue weighted by molar-refractivity contribution is 0.0482. The van der Waals surface area contributed by atoms with Gasteiger partial charge in [0.1, 0.15) is 0 Å². The molecule has 2 atom stereocenters. The lowest BCUT2D eigenvalue weighted by Gasteiger charge is -2.48. The molecule has 1 rings (SSSR count). The lowest BCUT2D eigenvalue weighted by Crippen LogP contribution is -2.58. The standard InChI is InChI=1S/C14H30N2/c1-6-10-16(11(2)3)12-8-7-9-14(4,5)13(12)15/h11-13H,6-10,15H2,1-5H3. The Bertz CT molecular complexity index is 211. The van der Waals surface area contributed by atoms with Crippen molar-refractivity contribution in [2.45, 2.75) is 78.4 Å². The van der Waals surface area contributed by atoms with E-state index in [1.807, 2.05) is 0 Å². The van der Waals surface area contributed by atoms with Crippen LogP contribution in [0, 0.1) is 5.41 Å². The van der Waals surface area contributed by atoms with Gasteiger partial charge in [-0.3, -0.25) is 4.90 Å². The molecule has 0 aliphatic heterocycles. The van der Waals surface area contributed by atoms with Gasteiger partial charge in [0.05, 0.1) is 0 Å². The van der Waals surface area contributed by atoms with Gasteiger partial charge in [0, 0.05) is 18.1 Å². The van der Waals surface area contributed by atoms with Crippen LogP contribution in [0.1, 0.15) is 60.3 Å². The molecule has 1 fully saturated rings. The van der Waals surface area contributed by atoms with Crippen molar-refractivity contribution >= 4 is 0 Å². The van der Waals surface area contributed by atoms with Gasteiger partial charge in [0.15, 0.2) is 0 Å². The topological polar surface area (TPSA) is 29.3 Å². The van der Waals surface area contributed by atoms with Crippen molar-refractivity contribution in [3.63, 3.8) is 0 Å². The molecule has 96 valence electrons. The molecule has 1 saturated carbocycles. The molecule has 0 aromatic rings. The molecule has 0 spiro atoms. The third-order valence-electron chi connectivity index (χ3n) is 4.21. The van der Waals surface area contributed by atoms with Crippen LogP contribution in [-0.4, -0.2) is 29.6 Å². The molecule has 0 aromatic heterocycles. The summed E-state index contributed by atoms with van der Waals surface area (Å²) in [6.45, 7) is 12.7. The van der Waals surface area contributed by atoms with Gasteiger partial charge in [0.2, 0.25) is 0 Å². The normalized spacial score (nSPS) is 30.0. The van der Waals surface area contributed by atoms with Gasteiger partial charge in [-0.2, -0.15) is 0 Å². The summed E-state index contributed by atoms with van der Waals surface area (Å²) < 4.78 is 0. The van der Waals surface area contributed by atoms with E-state index in [0.29, 0.717) is 23.5 Å². The summed E-state index contributed by atoms with van der Waals surface area (Å²) in [6, 6.07) is 1.53. The van der Waals surface area contributed by atoms with Crippen LogP contribution in [0.5, 0.6) is 0 Å². The first-order valence-corrected chi connectivity index (χ1v) is 6.91. The molecule has 16 heavy (non-hydrogen) atoms. The van der Waals surface area contributed by atoms with Crippen LogP contribution in [0.4, 0.5) is 0 Å². The summed E-state index contributed by atoms with van der Waals surface area (Å²) in [7, 11) is 0. The molecule has 0 bridgehead atoms. The molecular weight excluding hydrogens is 196 g/mol. The molecule has 0 heterocycles. The second-order valence-corrected chi connectivity index (χ2v) is 6.31. The van der Waals surface area contributed by atoms with Crippen molar-refractivity contribution < 1.29 is 0 Å². The van der Waals surface area contributed by atoms with E-state index >= 15 is 0 Å². The molecule has 0 aromatic carbocycles. The first kappa shape index (κ1) is 14.0. The van der Waals surface area contributed by atoms with Gasteiger partial charge in [-0.05, 0) is 45.1 Å². The maximum absolute atomic E-state index is 6.48. The van der Waals surface area contributed by atoms with Crippen molar-refractivity contribution in [2.75, 3.05) is 6.54 Å². The second-order valence-electron chi connectivity index (χ2n) is 6.31. The van der Waals surface area contributed by atoms with Gasteiger partial charge in [0.25, 0.3) is 0 Å². The average molecular weight is 226 g/mol. The van der Waals surface area contributed by atoms with Crippen molar-refractivity contribution in [2.24, 2.45) is 11.1 Å². The first-order chi connectivity index (χ1) is 7.40. The maximum atomic E-state index is 6.48. The molecule has 2 nitrogen and oxygen atoms in total. The van der Waals surface area contributed by atoms with Crippen LogP contribution in [-0.2, 0) is 0 Å². The summed E-state index contributed by atoms with van der Waals surface area (Å²) in [4.78, 5) is 2.62. The largest absolute Gasteiger partial charge is 0.326 e. The summed E-state index contributed by atoms with van der Waals surface area (Å²) in [5.74, 6) is 0. The van der Waals surface area contributed by atoms with Gasteiger partial charge in [-0.1, -0.05) is 27.2 Å². The average Bonchev–Trinajstić information content (AvgIpc) is 2.19. The van der Waals surface area contributed by atoms with E-state index in [1.54, 1.807) is 0 Å². The van der Waals surface area contributed by atoms with Crippen LogP contribution < -0.4 is 5.73 Å². The first-order valence-electron chi connectivity index (χ1n) is 6.91. The van der Waals surface area contributed by atoms with Crippen LogP contribution in [0.3, 0.4) is 0 Å². The van der Waals surface area contributed by atoms with E-state index in [9.17, 15) is 0 Å². The zero-order valence-electron chi connectivity index (χ0n) is 11.8. The highest BCUT2D eigenvalue weighted by Crippen LogP contribution is 2.37. The molecule has 2 unspecified atom stereocenters. The van der Waals surface area contributed by atoms with Crippen LogP contribution in [0.2, 0.25) is 0 Å². The minimum absolute atomic E-state index is 0.309. The quantitative estimate of drug-likeness (QED) is 0.798.